The molecule has 0 unspecified atom stereocenters. The van der Waals surface area contributed by atoms with Gasteiger partial charge in [-0.05, 0) is 30.4 Å². The summed E-state index contributed by atoms with van der Waals surface area (Å²) in [5, 5.41) is 9.95. The molecule has 1 N–H and O–H groups in total. The van der Waals surface area contributed by atoms with Crippen molar-refractivity contribution in [3.63, 3.8) is 0 Å². The summed E-state index contributed by atoms with van der Waals surface area (Å²) in [7, 11) is 0. The van der Waals surface area contributed by atoms with E-state index in [0.717, 1.165) is 24.8 Å². The quantitative estimate of drug-likeness (QED) is 0.905. The number of amides is 1. The molecule has 2 aromatic carbocycles. The summed E-state index contributed by atoms with van der Waals surface area (Å²) in [6.07, 6.45) is 2.16. The monoisotopic (exact) mass is 339 g/mol. The second-order valence-electron chi connectivity index (χ2n) is 6.85. The summed E-state index contributed by atoms with van der Waals surface area (Å²) in [5.74, 6) is 0. The number of rotatable bonds is 5. The second-order valence-corrected chi connectivity index (χ2v) is 6.85. The molecule has 0 bridgehead atoms. The van der Waals surface area contributed by atoms with Gasteiger partial charge in [-0.2, -0.15) is 0 Å². The first-order chi connectivity index (χ1) is 12.2. The average Bonchev–Trinajstić information content (AvgIpc) is 2.68. The Bertz CT molecular complexity index is 664. The Morgan fingerprint density at radius 1 is 0.960 bits per heavy atom. The molecule has 1 saturated heterocycles. The van der Waals surface area contributed by atoms with Crippen LogP contribution >= 0.6 is 0 Å². The van der Waals surface area contributed by atoms with E-state index in [0.29, 0.717) is 19.7 Å². The number of ether oxygens (including phenoxy) is 1. The van der Waals surface area contributed by atoms with Crippen LogP contribution in [0.1, 0.15) is 24.0 Å². The molecule has 4 nitrogen and oxygen atoms in total. The lowest BCUT2D eigenvalue weighted by Crippen LogP contribution is -2.45. The lowest BCUT2D eigenvalue weighted by molar-refractivity contribution is 0.0321. The SMILES string of the molecule is O=C(OCc1ccccc1)N1CCC(CO)(Cc2ccccc2)CC1. The van der Waals surface area contributed by atoms with Gasteiger partial charge in [-0.1, -0.05) is 60.7 Å². The van der Waals surface area contributed by atoms with Crippen LogP contribution in [0.3, 0.4) is 0 Å². The van der Waals surface area contributed by atoms with Crippen molar-refractivity contribution in [1.29, 1.82) is 0 Å². The van der Waals surface area contributed by atoms with Crippen LogP contribution in [0.4, 0.5) is 4.79 Å². The zero-order chi connectivity index (χ0) is 17.5. The molecule has 0 saturated carbocycles. The molecule has 1 heterocycles. The molecular formula is C21H25NO3. The maximum absolute atomic E-state index is 12.3. The Morgan fingerprint density at radius 3 is 2.08 bits per heavy atom. The fourth-order valence-corrected chi connectivity index (χ4v) is 3.39. The lowest BCUT2D eigenvalue weighted by Gasteiger charge is -2.40. The van der Waals surface area contributed by atoms with Gasteiger partial charge in [0.2, 0.25) is 0 Å². The van der Waals surface area contributed by atoms with E-state index in [1.54, 1.807) is 4.90 Å². The summed E-state index contributed by atoms with van der Waals surface area (Å²) in [4.78, 5) is 14.0. The molecule has 2 aromatic rings. The van der Waals surface area contributed by atoms with Crippen molar-refractivity contribution in [3.8, 4) is 0 Å². The van der Waals surface area contributed by atoms with Gasteiger partial charge in [0, 0.05) is 25.1 Å². The highest BCUT2D eigenvalue weighted by Crippen LogP contribution is 2.35. The number of nitrogens with zero attached hydrogens (tertiary/aromatic N) is 1. The third-order valence-electron chi connectivity index (χ3n) is 5.04. The Labute approximate surface area is 149 Å². The molecular weight excluding hydrogens is 314 g/mol. The maximum Gasteiger partial charge on any atom is 0.410 e. The zero-order valence-corrected chi connectivity index (χ0v) is 14.4. The van der Waals surface area contributed by atoms with Crippen LogP contribution in [0.25, 0.3) is 0 Å². The fourth-order valence-electron chi connectivity index (χ4n) is 3.39. The molecule has 3 rings (SSSR count). The minimum Gasteiger partial charge on any atom is -0.445 e. The lowest BCUT2D eigenvalue weighted by atomic mass is 9.74. The van der Waals surface area contributed by atoms with Gasteiger partial charge >= 0.3 is 6.09 Å². The van der Waals surface area contributed by atoms with Gasteiger partial charge in [0.05, 0.1) is 0 Å². The summed E-state index contributed by atoms with van der Waals surface area (Å²) < 4.78 is 5.41. The molecule has 0 radical (unpaired) electrons. The van der Waals surface area contributed by atoms with E-state index < -0.39 is 0 Å². The van der Waals surface area contributed by atoms with Crippen LogP contribution in [0.2, 0.25) is 0 Å². The largest absolute Gasteiger partial charge is 0.445 e. The standard InChI is InChI=1S/C21H25NO3/c23-17-21(15-18-7-3-1-4-8-18)11-13-22(14-12-21)20(24)25-16-19-9-5-2-6-10-19/h1-10,23H,11-17H2. The maximum atomic E-state index is 12.3. The van der Waals surface area contributed by atoms with E-state index in [2.05, 4.69) is 12.1 Å². The third kappa shape index (κ3) is 4.60. The van der Waals surface area contributed by atoms with Crippen molar-refractivity contribution < 1.29 is 14.6 Å². The van der Waals surface area contributed by atoms with Gasteiger partial charge in [0.25, 0.3) is 0 Å². The molecule has 4 heteroatoms. The molecule has 1 aliphatic heterocycles. The van der Waals surface area contributed by atoms with Crippen LogP contribution in [0.15, 0.2) is 60.7 Å². The van der Waals surface area contributed by atoms with Crippen molar-refractivity contribution in [3.05, 3.63) is 71.8 Å². The van der Waals surface area contributed by atoms with Crippen LogP contribution < -0.4 is 0 Å². The molecule has 0 aromatic heterocycles. The second kappa shape index (κ2) is 8.17. The number of likely N-dealkylation sites (tertiary alicyclic amines) is 1. The van der Waals surface area contributed by atoms with Gasteiger partial charge < -0.3 is 14.7 Å². The predicted octanol–water partition coefficient (Wildman–Crippen LogP) is 3.64. The first-order valence-corrected chi connectivity index (χ1v) is 8.81. The van der Waals surface area contributed by atoms with Crippen molar-refractivity contribution >= 4 is 6.09 Å². The van der Waals surface area contributed by atoms with Crippen molar-refractivity contribution in [2.24, 2.45) is 5.41 Å². The molecule has 0 spiro atoms. The minimum atomic E-state index is -0.268. The Morgan fingerprint density at radius 2 is 1.52 bits per heavy atom. The van der Waals surface area contributed by atoms with E-state index in [9.17, 15) is 9.90 Å². The Balaban J connectivity index is 1.52. The van der Waals surface area contributed by atoms with Gasteiger partial charge in [-0.25, -0.2) is 4.79 Å². The van der Waals surface area contributed by atoms with Gasteiger partial charge in [0.1, 0.15) is 6.61 Å². The number of carbonyl (C=O) groups is 1. The minimum absolute atomic E-state index is 0.141. The van der Waals surface area contributed by atoms with Crippen LogP contribution in [-0.4, -0.2) is 35.8 Å². The molecule has 0 atom stereocenters. The highest BCUT2D eigenvalue weighted by molar-refractivity contribution is 5.67. The number of hydrogen-bond donors (Lipinski definition) is 1. The van der Waals surface area contributed by atoms with Crippen molar-refractivity contribution in [2.45, 2.75) is 25.9 Å². The van der Waals surface area contributed by atoms with Crippen molar-refractivity contribution in [1.82, 2.24) is 4.90 Å². The third-order valence-corrected chi connectivity index (χ3v) is 5.04. The van der Waals surface area contributed by atoms with Gasteiger partial charge in [-0.15, -0.1) is 0 Å². The first-order valence-electron chi connectivity index (χ1n) is 8.81. The number of carbonyl (C=O) groups excluding carboxylic acids is 1. The van der Waals surface area contributed by atoms with E-state index in [4.69, 9.17) is 4.74 Å². The number of benzene rings is 2. The van der Waals surface area contributed by atoms with E-state index in [1.165, 1.54) is 5.56 Å². The van der Waals surface area contributed by atoms with Crippen LogP contribution in [0, 0.1) is 5.41 Å². The van der Waals surface area contributed by atoms with Crippen LogP contribution in [-0.2, 0) is 17.8 Å². The normalized spacial score (nSPS) is 16.4. The average molecular weight is 339 g/mol. The Kier molecular flexibility index (Phi) is 5.71. The summed E-state index contributed by atoms with van der Waals surface area (Å²) in [6, 6.07) is 19.9. The summed E-state index contributed by atoms with van der Waals surface area (Å²) >= 11 is 0. The van der Waals surface area contributed by atoms with Crippen molar-refractivity contribution in [2.75, 3.05) is 19.7 Å². The van der Waals surface area contributed by atoms with E-state index in [-0.39, 0.29) is 18.1 Å². The topological polar surface area (TPSA) is 49.8 Å². The number of aliphatic hydroxyl groups excluding tert-OH is 1. The number of aliphatic hydroxyl groups is 1. The van der Waals surface area contributed by atoms with Crippen LogP contribution in [0.5, 0.6) is 0 Å². The zero-order valence-electron chi connectivity index (χ0n) is 14.4. The molecule has 132 valence electrons. The number of piperidine rings is 1. The highest BCUT2D eigenvalue weighted by atomic mass is 16.6. The Hall–Kier alpha value is -2.33. The van der Waals surface area contributed by atoms with Gasteiger partial charge in [-0.3, -0.25) is 0 Å². The number of hydrogen-bond acceptors (Lipinski definition) is 3. The van der Waals surface area contributed by atoms with E-state index in [1.807, 2.05) is 48.5 Å². The molecule has 25 heavy (non-hydrogen) atoms. The summed E-state index contributed by atoms with van der Waals surface area (Å²) in [6.45, 7) is 1.70. The smallest absolute Gasteiger partial charge is 0.410 e. The molecule has 1 amide bonds. The van der Waals surface area contributed by atoms with E-state index >= 15 is 0 Å². The fraction of sp³-hybridized carbons (Fsp3) is 0.381. The molecule has 1 fully saturated rings. The van der Waals surface area contributed by atoms with Gasteiger partial charge in [0.15, 0.2) is 0 Å². The first kappa shape index (κ1) is 17.5. The molecule has 1 aliphatic rings. The predicted molar refractivity (Wildman–Crippen MR) is 97.1 cm³/mol. The summed E-state index contributed by atoms with van der Waals surface area (Å²) in [5.41, 5.74) is 2.08. The highest BCUT2D eigenvalue weighted by Gasteiger charge is 2.36. The molecule has 0 aliphatic carbocycles.